The molecule has 1 aliphatic rings. The van der Waals surface area contributed by atoms with E-state index >= 15 is 0 Å². The maximum Gasteiger partial charge on any atom is 0.234 e. The summed E-state index contributed by atoms with van der Waals surface area (Å²) in [7, 11) is 0. The average Bonchev–Trinajstić information content (AvgIpc) is 2.90. The number of hydrogen-bond acceptors (Lipinski definition) is 5. The van der Waals surface area contributed by atoms with Crippen molar-refractivity contribution in [3.05, 3.63) is 11.3 Å². The molecule has 0 spiro atoms. The molecule has 2 aromatic heterocycles. The van der Waals surface area contributed by atoms with Gasteiger partial charge in [-0.05, 0) is 12.8 Å². The Labute approximate surface area is 97.7 Å². The van der Waals surface area contributed by atoms with Crippen molar-refractivity contribution in [2.45, 2.75) is 37.5 Å². The van der Waals surface area contributed by atoms with Crippen LogP contribution < -0.4 is 5.73 Å². The highest BCUT2D eigenvalue weighted by Gasteiger charge is 2.36. The van der Waals surface area contributed by atoms with Crippen molar-refractivity contribution < 1.29 is 0 Å². The third-order valence-electron chi connectivity index (χ3n) is 3.54. The molecule has 1 saturated carbocycles. The van der Waals surface area contributed by atoms with Crippen LogP contribution in [-0.2, 0) is 5.41 Å². The predicted octanol–water partition coefficient (Wildman–Crippen LogP) is 1.35. The summed E-state index contributed by atoms with van der Waals surface area (Å²) in [5.41, 5.74) is 6.08. The standard InChI is InChI=1S/C10H15N5S/c11-6-10(4-2-1-3-5-10)8-14-15-7-12-13-9(15)16-8/h7H,1-6,11H2. The molecule has 16 heavy (non-hydrogen) atoms. The first-order valence-electron chi connectivity index (χ1n) is 5.71. The van der Waals surface area contributed by atoms with Crippen LogP contribution in [0.2, 0.25) is 0 Å². The fourth-order valence-corrected chi connectivity index (χ4v) is 3.58. The zero-order valence-electron chi connectivity index (χ0n) is 9.09. The normalized spacial score (nSPS) is 20.3. The summed E-state index contributed by atoms with van der Waals surface area (Å²) in [6.45, 7) is 0.692. The minimum absolute atomic E-state index is 0.101. The summed E-state index contributed by atoms with van der Waals surface area (Å²) in [5, 5.41) is 13.6. The molecule has 0 aliphatic heterocycles. The van der Waals surface area contributed by atoms with Crippen LogP contribution in [0.25, 0.3) is 4.96 Å². The summed E-state index contributed by atoms with van der Waals surface area (Å²) >= 11 is 1.63. The van der Waals surface area contributed by atoms with Gasteiger partial charge in [0.05, 0.1) is 0 Å². The molecular weight excluding hydrogens is 222 g/mol. The van der Waals surface area contributed by atoms with Crippen molar-refractivity contribution in [3.8, 4) is 0 Å². The second-order valence-electron chi connectivity index (χ2n) is 4.51. The van der Waals surface area contributed by atoms with Crippen molar-refractivity contribution in [1.29, 1.82) is 0 Å². The maximum atomic E-state index is 5.98. The molecule has 0 unspecified atom stereocenters. The Kier molecular flexibility index (Phi) is 2.40. The summed E-state index contributed by atoms with van der Waals surface area (Å²) in [5.74, 6) is 0. The lowest BCUT2D eigenvalue weighted by Crippen LogP contribution is -2.37. The van der Waals surface area contributed by atoms with E-state index in [4.69, 9.17) is 5.73 Å². The SMILES string of the molecule is NCC1(c2nn3cnnc3s2)CCCCC1. The van der Waals surface area contributed by atoms with E-state index in [1.165, 1.54) is 19.3 Å². The van der Waals surface area contributed by atoms with Gasteiger partial charge in [0, 0.05) is 12.0 Å². The molecule has 0 atom stereocenters. The molecule has 86 valence electrons. The van der Waals surface area contributed by atoms with Gasteiger partial charge < -0.3 is 5.73 Å². The number of hydrogen-bond donors (Lipinski definition) is 1. The van der Waals surface area contributed by atoms with Gasteiger partial charge in [-0.25, -0.2) is 0 Å². The molecule has 2 aromatic rings. The topological polar surface area (TPSA) is 69.1 Å². The Bertz CT molecular complexity index is 454. The molecule has 1 aliphatic carbocycles. The van der Waals surface area contributed by atoms with Gasteiger partial charge in [-0.3, -0.25) is 0 Å². The zero-order chi connectivity index (χ0) is 11.0. The van der Waals surface area contributed by atoms with E-state index in [2.05, 4.69) is 15.3 Å². The van der Waals surface area contributed by atoms with E-state index in [-0.39, 0.29) is 5.41 Å². The Hall–Kier alpha value is -1.01. The molecule has 0 aromatic carbocycles. The van der Waals surface area contributed by atoms with Crippen LogP contribution in [0.5, 0.6) is 0 Å². The van der Waals surface area contributed by atoms with Crippen molar-refractivity contribution in [2.75, 3.05) is 6.54 Å². The number of rotatable bonds is 2. The second-order valence-corrected chi connectivity index (χ2v) is 5.47. The van der Waals surface area contributed by atoms with E-state index in [1.54, 1.807) is 22.2 Å². The maximum absolute atomic E-state index is 5.98. The van der Waals surface area contributed by atoms with Gasteiger partial charge in [-0.1, -0.05) is 30.6 Å². The zero-order valence-corrected chi connectivity index (χ0v) is 9.91. The van der Waals surface area contributed by atoms with Crippen LogP contribution in [0.1, 0.15) is 37.1 Å². The number of aromatic nitrogens is 4. The monoisotopic (exact) mass is 237 g/mol. The predicted molar refractivity (Wildman–Crippen MR) is 62.5 cm³/mol. The van der Waals surface area contributed by atoms with Crippen LogP contribution in [0, 0.1) is 0 Å². The summed E-state index contributed by atoms with van der Waals surface area (Å²) < 4.78 is 1.76. The van der Waals surface area contributed by atoms with Crippen LogP contribution in [0.4, 0.5) is 0 Å². The summed E-state index contributed by atoms with van der Waals surface area (Å²) in [6, 6.07) is 0. The van der Waals surface area contributed by atoms with E-state index in [9.17, 15) is 0 Å². The molecule has 5 nitrogen and oxygen atoms in total. The van der Waals surface area contributed by atoms with Crippen molar-refractivity contribution in [1.82, 2.24) is 19.8 Å². The molecule has 2 N–H and O–H groups in total. The quantitative estimate of drug-likeness (QED) is 0.856. The highest BCUT2D eigenvalue weighted by atomic mass is 32.1. The molecule has 1 fully saturated rings. The molecular formula is C10H15N5S. The lowest BCUT2D eigenvalue weighted by Gasteiger charge is -2.33. The molecule has 0 amide bonds. The van der Waals surface area contributed by atoms with Gasteiger partial charge in [0.25, 0.3) is 0 Å². The smallest absolute Gasteiger partial charge is 0.234 e. The van der Waals surface area contributed by atoms with Gasteiger partial charge >= 0.3 is 0 Å². The van der Waals surface area contributed by atoms with Crippen LogP contribution in [0.3, 0.4) is 0 Å². The number of nitrogens with zero attached hydrogens (tertiary/aromatic N) is 4. The Morgan fingerprint density at radius 3 is 2.88 bits per heavy atom. The first kappa shape index (κ1) is 10.2. The van der Waals surface area contributed by atoms with Crippen molar-refractivity contribution >= 4 is 16.3 Å². The van der Waals surface area contributed by atoms with Gasteiger partial charge in [-0.2, -0.15) is 9.61 Å². The van der Waals surface area contributed by atoms with Gasteiger partial charge in [0.15, 0.2) is 0 Å². The Balaban J connectivity index is 2.02. The van der Waals surface area contributed by atoms with Crippen LogP contribution in [0.15, 0.2) is 6.33 Å². The van der Waals surface area contributed by atoms with E-state index in [1.807, 2.05) is 0 Å². The molecule has 0 saturated heterocycles. The number of fused-ring (bicyclic) bond motifs is 1. The second kappa shape index (κ2) is 3.78. The van der Waals surface area contributed by atoms with Gasteiger partial charge in [0.1, 0.15) is 11.3 Å². The van der Waals surface area contributed by atoms with Gasteiger partial charge in [-0.15, -0.1) is 10.2 Å². The molecule has 6 heteroatoms. The molecule has 0 bridgehead atoms. The van der Waals surface area contributed by atoms with E-state index in [0.717, 1.165) is 22.8 Å². The van der Waals surface area contributed by atoms with E-state index < -0.39 is 0 Å². The van der Waals surface area contributed by atoms with E-state index in [0.29, 0.717) is 6.54 Å². The Morgan fingerprint density at radius 1 is 1.38 bits per heavy atom. The molecule has 0 radical (unpaired) electrons. The summed E-state index contributed by atoms with van der Waals surface area (Å²) in [6.07, 6.45) is 7.82. The Morgan fingerprint density at radius 2 is 2.19 bits per heavy atom. The third-order valence-corrected chi connectivity index (χ3v) is 4.70. The molecule has 2 heterocycles. The molecule has 3 rings (SSSR count). The van der Waals surface area contributed by atoms with Crippen LogP contribution in [-0.4, -0.2) is 26.4 Å². The van der Waals surface area contributed by atoms with Gasteiger partial charge in [0.2, 0.25) is 4.96 Å². The minimum atomic E-state index is 0.101. The lowest BCUT2D eigenvalue weighted by atomic mass is 9.74. The van der Waals surface area contributed by atoms with Crippen molar-refractivity contribution in [3.63, 3.8) is 0 Å². The highest BCUT2D eigenvalue weighted by molar-refractivity contribution is 7.16. The lowest BCUT2D eigenvalue weighted by molar-refractivity contribution is 0.297. The van der Waals surface area contributed by atoms with Crippen LogP contribution >= 0.6 is 11.3 Å². The minimum Gasteiger partial charge on any atom is -0.329 e. The number of nitrogens with two attached hydrogens (primary N) is 1. The highest BCUT2D eigenvalue weighted by Crippen LogP contribution is 2.40. The first-order valence-corrected chi connectivity index (χ1v) is 6.53. The average molecular weight is 237 g/mol. The largest absolute Gasteiger partial charge is 0.329 e. The summed E-state index contributed by atoms with van der Waals surface area (Å²) in [4.78, 5) is 0.869. The third kappa shape index (κ3) is 1.44. The fourth-order valence-electron chi connectivity index (χ4n) is 2.51. The first-order chi connectivity index (χ1) is 7.84. The van der Waals surface area contributed by atoms with Crippen molar-refractivity contribution in [2.24, 2.45) is 5.73 Å². The fraction of sp³-hybridized carbons (Fsp3) is 0.700.